The average molecular weight is 493 g/mol. The Labute approximate surface area is 210 Å². The van der Waals surface area contributed by atoms with Crippen molar-refractivity contribution in [1.29, 1.82) is 0 Å². The molecule has 0 unspecified atom stereocenters. The molecule has 1 aliphatic rings. The number of nitrogens with zero attached hydrogens (tertiary/aromatic N) is 4. The van der Waals surface area contributed by atoms with E-state index in [9.17, 15) is 14.4 Å². The van der Waals surface area contributed by atoms with Gasteiger partial charge in [0.15, 0.2) is 5.78 Å². The Hall–Kier alpha value is -3.26. The number of aryl methyl sites for hydroxylation is 2. The number of likely N-dealkylation sites (N-methyl/N-ethyl adjacent to an activating group) is 1. The Morgan fingerprint density at radius 1 is 1.09 bits per heavy atom. The maximum Gasteiger partial charge on any atom is 0.272 e. The van der Waals surface area contributed by atoms with Crippen molar-refractivity contribution in [3.63, 3.8) is 0 Å². The molecular formula is C27H32N4O3S. The third-order valence-electron chi connectivity index (χ3n) is 6.86. The summed E-state index contributed by atoms with van der Waals surface area (Å²) in [6.07, 6.45) is 2.39. The molecule has 7 nitrogen and oxygen atoms in total. The van der Waals surface area contributed by atoms with Crippen LogP contribution in [-0.2, 0) is 13.5 Å². The minimum atomic E-state index is -0.0390. The molecule has 1 atom stereocenters. The molecule has 35 heavy (non-hydrogen) atoms. The molecule has 1 saturated heterocycles. The molecular weight excluding hydrogens is 460 g/mol. The van der Waals surface area contributed by atoms with Crippen molar-refractivity contribution >= 4 is 28.9 Å². The normalized spacial score (nSPS) is 15.1. The number of Topliss-reactive ketones (excluding diaryl/α,β-unsaturated/α-hetero) is 1. The van der Waals surface area contributed by atoms with Gasteiger partial charge in [-0.25, -0.2) is 0 Å². The third-order valence-corrected chi connectivity index (χ3v) is 8.04. The molecule has 3 aromatic rings. The minimum absolute atomic E-state index is 0.00316. The Morgan fingerprint density at radius 2 is 1.74 bits per heavy atom. The lowest BCUT2D eigenvalue weighted by atomic mass is 9.84. The number of thiophene rings is 1. The fourth-order valence-electron chi connectivity index (χ4n) is 4.90. The molecule has 0 N–H and O–H groups in total. The first-order valence-corrected chi connectivity index (χ1v) is 12.8. The molecule has 0 saturated carbocycles. The molecule has 1 fully saturated rings. The van der Waals surface area contributed by atoms with Crippen LogP contribution in [0, 0.1) is 12.8 Å². The molecule has 2 amide bonds. The van der Waals surface area contributed by atoms with Crippen molar-refractivity contribution in [3.05, 3.63) is 75.2 Å². The zero-order valence-corrected chi connectivity index (χ0v) is 21.5. The number of piperidine rings is 1. The van der Waals surface area contributed by atoms with Gasteiger partial charge in [0.25, 0.3) is 11.8 Å². The predicted octanol–water partition coefficient (Wildman–Crippen LogP) is 4.23. The summed E-state index contributed by atoms with van der Waals surface area (Å²) in [6.45, 7) is 4.67. The van der Waals surface area contributed by atoms with Gasteiger partial charge in [0.1, 0.15) is 5.69 Å². The van der Waals surface area contributed by atoms with Gasteiger partial charge in [-0.1, -0.05) is 30.3 Å². The van der Waals surface area contributed by atoms with E-state index in [1.165, 1.54) is 23.8 Å². The second-order valence-electron chi connectivity index (χ2n) is 9.32. The van der Waals surface area contributed by atoms with Gasteiger partial charge in [-0.3, -0.25) is 19.1 Å². The number of hydrogen-bond acceptors (Lipinski definition) is 5. The fraction of sp³-hybridized carbons (Fsp3) is 0.407. The maximum absolute atomic E-state index is 13.4. The van der Waals surface area contributed by atoms with Gasteiger partial charge in [-0.2, -0.15) is 5.10 Å². The molecule has 0 bridgehead atoms. The highest BCUT2D eigenvalue weighted by Crippen LogP contribution is 2.29. The largest absolute Gasteiger partial charge is 0.338 e. The first kappa shape index (κ1) is 24.9. The van der Waals surface area contributed by atoms with Crippen molar-refractivity contribution < 1.29 is 14.4 Å². The standard InChI is InChI=1S/C27H32N4O3S/c1-18-16-23(30(4)28-18)26(33)29(3)22(17-20-8-6-5-7-9-20)21-12-14-31(15-13-21)27(34)25-11-10-24(35-25)19(2)32/h5-11,16,21-22H,12-15,17H2,1-4H3/t22-/m1/s1. The highest BCUT2D eigenvalue weighted by atomic mass is 32.1. The first-order valence-electron chi connectivity index (χ1n) is 12.0. The maximum atomic E-state index is 13.4. The molecule has 3 heterocycles. The van der Waals surface area contributed by atoms with Crippen LogP contribution < -0.4 is 0 Å². The number of carbonyl (C=O) groups is 3. The molecule has 0 spiro atoms. The van der Waals surface area contributed by atoms with Crippen LogP contribution in [0.3, 0.4) is 0 Å². The fourth-order valence-corrected chi connectivity index (χ4v) is 5.77. The van der Waals surface area contributed by atoms with Crippen LogP contribution in [-0.4, -0.2) is 63.4 Å². The number of carbonyl (C=O) groups excluding carboxylic acids is 3. The van der Waals surface area contributed by atoms with E-state index < -0.39 is 0 Å². The van der Waals surface area contributed by atoms with Crippen LogP contribution in [0.5, 0.6) is 0 Å². The van der Waals surface area contributed by atoms with Crippen LogP contribution in [0.25, 0.3) is 0 Å². The summed E-state index contributed by atoms with van der Waals surface area (Å²) >= 11 is 1.26. The van der Waals surface area contributed by atoms with Crippen LogP contribution in [0.15, 0.2) is 48.5 Å². The number of aromatic nitrogens is 2. The topological polar surface area (TPSA) is 75.5 Å². The van der Waals surface area contributed by atoms with Crippen LogP contribution >= 0.6 is 11.3 Å². The summed E-state index contributed by atoms with van der Waals surface area (Å²) in [5.41, 5.74) is 2.58. The lowest BCUT2D eigenvalue weighted by molar-refractivity contribution is 0.0518. The van der Waals surface area contributed by atoms with Crippen LogP contribution in [0.1, 0.15) is 60.9 Å². The molecule has 0 aliphatic carbocycles. The number of rotatable bonds is 7. The summed E-state index contributed by atoms with van der Waals surface area (Å²) in [7, 11) is 3.68. The van der Waals surface area contributed by atoms with Gasteiger partial charge < -0.3 is 9.80 Å². The lowest BCUT2D eigenvalue weighted by Crippen LogP contribution is -2.48. The summed E-state index contributed by atoms with van der Waals surface area (Å²) in [5.74, 6) is 0.185. The number of ketones is 1. The van der Waals surface area contributed by atoms with Gasteiger partial charge in [-0.15, -0.1) is 11.3 Å². The van der Waals surface area contributed by atoms with Crippen molar-refractivity contribution in [1.82, 2.24) is 19.6 Å². The van der Waals surface area contributed by atoms with Crippen molar-refractivity contribution in [2.24, 2.45) is 13.0 Å². The highest BCUT2D eigenvalue weighted by Gasteiger charge is 2.34. The summed E-state index contributed by atoms with van der Waals surface area (Å²) in [5, 5.41) is 4.35. The minimum Gasteiger partial charge on any atom is -0.338 e. The number of hydrogen-bond donors (Lipinski definition) is 0. The zero-order chi connectivity index (χ0) is 25.1. The van der Waals surface area contributed by atoms with E-state index in [2.05, 4.69) is 17.2 Å². The van der Waals surface area contributed by atoms with E-state index in [1.807, 2.05) is 48.0 Å². The molecule has 2 aromatic heterocycles. The van der Waals surface area contributed by atoms with E-state index in [4.69, 9.17) is 0 Å². The SMILES string of the molecule is CC(=O)c1ccc(C(=O)N2CCC([C@@H](Cc3ccccc3)N(C)C(=O)c3cc(C)nn3C)CC2)s1. The van der Waals surface area contributed by atoms with E-state index in [-0.39, 0.29) is 29.6 Å². The van der Waals surface area contributed by atoms with Crippen molar-refractivity contribution in [2.45, 2.75) is 39.2 Å². The Kier molecular flexibility index (Phi) is 7.50. The van der Waals surface area contributed by atoms with Crippen molar-refractivity contribution in [2.75, 3.05) is 20.1 Å². The van der Waals surface area contributed by atoms with E-state index in [1.54, 1.807) is 23.9 Å². The van der Waals surface area contributed by atoms with Gasteiger partial charge in [0.05, 0.1) is 15.4 Å². The summed E-state index contributed by atoms with van der Waals surface area (Å²) < 4.78 is 1.64. The zero-order valence-electron chi connectivity index (χ0n) is 20.7. The Bertz CT molecular complexity index is 1210. The number of benzene rings is 1. The van der Waals surface area contributed by atoms with Gasteiger partial charge in [-0.05, 0) is 62.8 Å². The summed E-state index contributed by atoms with van der Waals surface area (Å²) in [6, 6.07) is 15.5. The van der Waals surface area contributed by atoms with E-state index >= 15 is 0 Å². The third kappa shape index (κ3) is 5.53. The molecule has 1 aromatic carbocycles. The van der Waals surface area contributed by atoms with Crippen LogP contribution in [0.4, 0.5) is 0 Å². The monoisotopic (exact) mass is 492 g/mol. The quantitative estimate of drug-likeness (QED) is 0.463. The molecule has 0 radical (unpaired) electrons. The molecule has 8 heteroatoms. The molecule has 4 rings (SSSR count). The first-order chi connectivity index (χ1) is 16.7. The predicted molar refractivity (Wildman–Crippen MR) is 137 cm³/mol. The number of likely N-dealkylation sites (tertiary alicyclic amines) is 1. The van der Waals surface area contributed by atoms with Gasteiger partial charge >= 0.3 is 0 Å². The molecule has 1 aliphatic heterocycles. The Morgan fingerprint density at radius 3 is 2.31 bits per heavy atom. The molecule has 184 valence electrons. The van der Waals surface area contributed by atoms with Crippen molar-refractivity contribution in [3.8, 4) is 0 Å². The Balaban J connectivity index is 1.49. The highest BCUT2D eigenvalue weighted by molar-refractivity contribution is 7.15. The van der Waals surface area contributed by atoms with Crippen LogP contribution in [0.2, 0.25) is 0 Å². The number of amides is 2. The smallest absolute Gasteiger partial charge is 0.272 e. The lowest BCUT2D eigenvalue weighted by Gasteiger charge is -2.40. The van der Waals surface area contributed by atoms with Gasteiger partial charge in [0, 0.05) is 33.2 Å². The van der Waals surface area contributed by atoms with E-state index in [0.717, 1.165) is 25.0 Å². The second kappa shape index (κ2) is 10.6. The second-order valence-corrected chi connectivity index (χ2v) is 10.4. The van der Waals surface area contributed by atoms with Gasteiger partial charge in [0.2, 0.25) is 0 Å². The van der Waals surface area contributed by atoms with E-state index in [0.29, 0.717) is 28.5 Å². The summed E-state index contributed by atoms with van der Waals surface area (Å²) in [4.78, 5) is 43.0. The average Bonchev–Trinajstić information content (AvgIpc) is 3.48.